The lowest BCUT2D eigenvalue weighted by atomic mass is 9.96. The van der Waals surface area contributed by atoms with Gasteiger partial charge in [-0.05, 0) is 68.9 Å². The quantitative estimate of drug-likeness (QED) is 0.441. The smallest absolute Gasteiger partial charge is 0.246 e. The summed E-state index contributed by atoms with van der Waals surface area (Å²) in [7, 11) is -4.22. The number of carbonyl (C=O) groups excluding carboxylic acids is 1. The summed E-state index contributed by atoms with van der Waals surface area (Å²) >= 11 is 1.48. The van der Waals surface area contributed by atoms with Gasteiger partial charge in [-0.3, -0.25) is 9.69 Å². The molecule has 0 spiro atoms. The van der Waals surface area contributed by atoms with E-state index in [0.717, 1.165) is 50.6 Å². The molecule has 2 fully saturated rings. The van der Waals surface area contributed by atoms with Gasteiger partial charge in [0.15, 0.2) is 5.13 Å². The van der Waals surface area contributed by atoms with Crippen molar-refractivity contribution in [3.05, 3.63) is 53.1 Å². The Bertz CT molecular complexity index is 1390. The van der Waals surface area contributed by atoms with E-state index in [1.165, 1.54) is 11.3 Å². The Hall–Kier alpha value is -2.47. The Labute approximate surface area is 219 Å². The molecule has 3 heterocycles. The van der Waals surface area contributed by atoms with Crippen LogP contribution >= 0.6 is 11.3 Å². The summed E-state index contributed by atoms with van der Waals surface area (Å²) in [6, 6.07) is 6.45. The molecular formula is C26H29F2N3O4S2. The van der Waals surface area contributed by atoms with Crippen LogP contribution in [0.25, 0.3) is 10.2 Å². The van der Waals surface area contributed by atoms with Gasteiger partial charge in [0, 0.05) is 25.6 Å². The average Bonchev–Trinajstić information content (AvgIpc) is 3.57. The van der Waals surface area contributed by atoms with Gasteiger partial charge in [0.25, 0.3) is 0 Å². The van der Waals surface area contributed by atoms with Crippen LogP contribution in [-0.4, -0.2) is 56.0 Å². The molecule has 11 heteroatoms. The van der Waals surface area contributed by atoms with Crippen LogP contribution in [0.4, 0.5) is 13.9 Å². The number of amides is 1. The van der Waals surface area contributed by atoms with Gasteiger partial charge >= 0.3 is 0 Å². The van der Waals surface area contributed by atoms with Gasteiger partial charge in [0.1, 0.15) is 16.5 Å². The van der Waals surface area contributed by atoms with E-state index in [2.05, 4.69) is 0 Å². The number of aromatic nitrogens is 1. The highest BCUT2D eigenvalue weighted by atomic mass is 32.2. The van der Waals surface area contributed by atoms with Crippen molar-refractivity contribution < 1.29 is 26.7 Å². The second kappa shape index (κ2) is 10.4. The lowest BCUT2D eigenvalue weighted by molar-refractivity contribution is -0.123. The monoisotopic (exact) mass is 549 g/mol. The minimum Gasteiger partial charge on any atom is -0.376 e. The Kier molecular flexibility index (Phi) is 7.32. The Morgan fingerprint density at radius 3 is 2.54 bits per heavy atom. The number of halogens is 2. The van der Waals surface area contributed by atoms with Crippen molar-refractivity contribution in [2.45, 2.75) is 50.5 Å². The maximum atomic E-state index is 14.2. The van der Waals surface area contributed by atoms with Crippen LogP contribution < -0.4 is 4.90 Å². The molecule has 1 amide bonds. The van der Waals surface area contributed by atoms with Crippen LogP contribution in [-0.2, 0) is 19.6 Å². The Morgan fingerprint density at radius 1 is 1.14 bits per heavy atom. The molecule has 37 heavy (non-hydrogen) atoms. The lowest BCUT2D eigenvalue weighted by Gasteiger charge is -2.33. The second-order valence-corrected chi connectivity index (χ2v) is 12.6. The summed E-state index contributed by atoms with van der Waals surface area (Å²) in [5.41, 5.74) is 3.01. The van der Waals surface area contributed by atoms with Crippen molar-refractivity contribution in [1.82, 2.24) is 9.29 Å². The maximum Gasteiger partial charge on any atom is 0.246 e. The molecule has 7 nitrogen and oxygen atoms in total. The molecular weight excluding hydrogens is 520 g/mol. The minimum absolute atomic E-state index is 0.0422. The van der Waals surface area contributed by atoms with E-state index >= 15 is 0 Å². The van der Waals surface area contributed by atoms with E-state index in [1.807, 2.05) is 26.0 Å². The number of hydrogen-bond donors (Lipinski definition) is 0. The van der Waals surface area contributed by atoms with E-state index in [-0.39, 0.29) is 37.9 Å². The first kappa shape index (κ1) is 26.1. The highest BCUT2D eigenvalue weighted by Crippen LogP contribution is 2.36. The van der Waals surface area contributed by atoms with Crippen molar-refractivity contribution in [2.75, 3.05) is 31.1 Å². The largest absolute Gasteiger partial charge is 0.376 e. The van der Waals surface area contributed by atoms with E-state index in [1.54, 1.807) is 4.90 Å². The van der Waals surface area contributed by atoms with Crippen molar-refractivity contribution in [1.29, 1.82) is 0 Å². The number of sulfonamides is 1. The molecule has 3 aromatic rings. The average molecular weight is 550 g/mol. The van der Waals surface area contributed by atoms with Crippen molar-refractivity contribution in [2.24, 2.45) is 5.92 Å². The van der Waals surface area contributed by atoms with Gasteiger partial charge < -0.3 is 4.74 Å². The summed E-state index contributed by atoms with van der Waals surface area (Å²) in [4.78, 5) is 19.7. The third kappa shape index (κ3) is 5.14. The van der Waals surface area contributed by atoms with Crippen LogP contribution in [0.5, 0.6) is 0 Å². The molecule has 5 rings (SSSR count). The minimum atomic E-state index is -4.22. The zero-order valence-corrected chi connectivity index (χ0v) is 22.4. The van der Waals surface area contributed by atoms with Gasteiger partial charge in [-0.25, -0.2) is 22.2 Å². The van der Waals surface area contributed by atoms with Gasteiger partial charge in [0.2, 0.25) is 15.9 Å². The summed E-state index contributed by atoms with van der Waals surface area (Å²) in [6.45, 7) is 5.16. The van der Waals surface area contributed by atoms with E-state index in [0.29, 0.717) is 24.3 Å². The predicted octanol–water partition coefficient (Wildman–Crippen LogP) is 4.80. The number of carbonyl (C=O) groups is 1. The molecule has 2 aliphatic rings. The number of piperidine rings is 1. The van der Waals surface area contributed by atoms with Gasteiger partial charge in [-0.1, -0.05) is 23.5 Å². The molecule has 2 aliphatic heterocycles. The molecule has 2 aromatic carbocycles. The molecule has 0 N–H and O–H groups in total. The van der Waals surface area contributed by atoms with Crippen LogP contribution in [0.3, 0.4) is 0 Å². The molecule has 0 radical (unpaired) electrons. The fraction of sp³-hybridized carbons (Fsp3) is 0.462. The van der Waals surface area contributed by atoms with Gasteiger partial charge in [-0.15, -0.1) is 0 Å². The fourth-order valence-corrected chi connectivity index (χ4v) is 7.67. The molecule has 198 valence electrons. The molecule has 1 aromatic heterocycles. The molecule has 0 saturated carbocycles. The molecule has 1 atom stereocenters. The summed E-state index contributed by atoms with van der Waals surface area (Å²) in [5.74, 6) is -2.35. The second-order valence-electron chi connectivity index (χ2n) is 9.71. The number of aryl methyl sites for hydroxylation is 2. The summed E-state index contributed by atoms with van der Waals surface area (Å²) < 4.78 is 61.8. The number of anilines is 1. The number of fused-ring (bicyclic) bond motifs is 1. The van der Waals surface area contributed by atoms with Crippen molar-refractivity contribution in [3.63, 3.8) is 0 Å². The topological polar surface area (TPSA) is 79.8 Å². The molecule has 0 bridgehead atoms. The third-order valence-electron chi connectivity index (χ3n) is 7.15. The normalized spacial score (nSPS) is 19.5. The first-order valence-corrected chi connectivity index (χ1v) is 14.7. The van der Waals surface area contributed by atoms with Gasteiger partial charge in [-0.2, -0.15) is 4.31 Å². The summed E-state index contributed by atoms with van der Waals surface area (Å²) in [6.07, 6.45) is 2.29. The van der Waals surface area contributed by atoms with E-state index < -0.39 is 32.5 Å². The van der Waals surface area contributed by atoms with Gasteiger partial charge in [0.05, 0.1) is 22.9 Å². The third-order valence-corrected chi connectivity index (χ3v) is 10.3. The Balaban J connectivity index is 1.37. The zero-order chi connectivity index (χ0) is 26.3. The predicted molar refractivity (Wildman–Crippen MR) is 138 cm³/mol. The zero-order valence-electron chi connectivity index (χ0n) is 20.7. The number of hydrogen-bond acceptors (Lipinski definition) is 6. The molecule has 2 saturated heterocycles. The first-order valence-electron chi connectivity index (χ1n) is 12.4. The lowest BCUT2D eigenvalue weighted by Crippen LogP contribution is -2.46. The number of rotatable bonds is 6. The summed E-state index contributed by atoms with van der Waals surface area (Å²) in [5, 5.41) is 0.616. The highest BCUT2D eigenvalue weighted by Gasteiger charge is 2.37. The number of thiazole rings is 1. The van der Waals surface area contributed by atoms with E-state index in [9.17, 15) is 22.0 Å². The van der Waals surface area contributed by atoms with Crippen LogP contribution in [0, 0.1) is 31.4 Å². The van der Waals surface area contributed by atoms with Crippen LogP contribution in [0.1, 0.15) is 36.8 Å². The maximum absolute atomic E-state index is 14.2. The van der Waals surface area contributed by atoms with Crippen LogP contribution in [0.15, 0.2) is 35.2 Å². The number of benzene rings is 2. The SMILES string of the molecule is Cc1ccc(C)c2sc(N(CC3CCCO3)C(=O)C3CCN(S(=O)(=O)c4cc(F)ccc4F)CC3)nc12. The number of ether oxygens (including phenoxy) is 1. The molecule has 1 unspecified atom stereocenters. The number of nitrogens with zero attached hydrogens (tertiary/aromatic N) is 3. The molecule has 0 aliphatic carbocycles. The fourth-order valence-electron chi connectivity index (χ4n) is 5.00. The highest BCUT2D eigenvalue weighted by molar-refractivity contribution is 7.89. The Morgan fingerprint density at radius 2 is 1.86 bits per heavy atom. The van der Waals surface area contributed by atoms with Crippen molar-refractivity contribution in [3.8, 4) is 0 Å². The van der Waals surface area contributed by atoms with Crippen molar-refractivity contribution >= 4 is 42.6 Å². The van der Waals surface area contributed by atoms with Crippen LogP contribution in [0.2, 0.25) is 0 Å². The standard InChI is InChI=1S/C26H29F2N3O4S2/c1-16-5-6-17(2)24-23(16)29-26(36-24)31(15-20-4-3-13-35-20)25(32)18-9-11-30(12-10-18)37(33,34)22-14-19(27)7-8-21(22)28/h5-8,14,18,20H,3-4,9-13,15H2,1-2H3. The van der Waals surface area contributed by atoms with E-state index in [4.69, 9.17) is 9.72 Å². The first-order chi connectivity index (χ1) is 17.6.